The maximum atomic E-state index is 13.9. The van der Waals surface area contributed by atoms with Crippen molar-refractivity contribution in [3.8, 4) is 0 Å². The molecule has 20 heavy (non-hydrogen) atoms. The van der Waals surface area contributed by atoms with Crippen LogP contribution >= 0.6 is 15.9 Å². The van der Waals surface area contributed by atoms with Crippen molar-refractivity contribution in [1.82, 2.24) is 0 Å². The fourth-order valence-electron chi connectivity index (χ4n) is 1.80. The number of carbonyl (C=O) groups excluding carboxylic acids is 1. The Labute approximate surface area is 125 Å². The number of amides is 1. The van der Waals surface area contributed by atoms with Crippen molar-refractivity contribution in [2.75, 3.05) is 11.1 Å². The summed E-state index contributed by atoms with van der Waals surface area (Å²) in [6.07, 6.45) is 0. The van der Waals surface area contributed by atoms with E-state index in [0.717, 1.165) is 5.56 Å². The molecule has 0 atom stereocenters. The van der Waals surface area contributed by atoms with Crippen LogP contribution in [0.15, 0.2) is 34.8 Å². The Morgan fingerprint density at radius 1 is 1.25 bits per heavy atom. The molecular weight excluding hydrogens is 323 g/mol. The summed E-state index contributed by atoms with van der Waals surface area (Å²) in [6.45, 7) is 3.48. The molecule has 0 fully saturated rings. The number of hydrogen-bond donors (Lipinski definition) is 2. The fraction of sp³-hybridized carbons (Fsp3) is 0.133. The van der Waals surface area contributed by atoms with Crippen molar-refractivity contribution in [2.24, 2.45) is 0 Å². The molecule has 0 saturated heterocycles. The van der Waals surface area contributed by atoms with Crippen molar-refractivity contribution < 1.29 is 9.18 Å². The van der Waals surface area contributed by atoms with Crippen LogP contribution in [0, 0.1) is 19.7 Å². The highest BCUT2D eigenvalue weighted by molar-refractivity contribution is 9.10. The first-order valence-electron chi connectivity index (χ1n) is 6.02. The van der Waals surface area contributed by atoms with Crippen LogP contribution in [0.3, 0.4) is 0 Å². The van der Waals surface area contributed by atoms with Crippen molar-refractivity contribution in [3.63, 3.8) is 0 Å². The lowest BCUT2D eigenvalue weighted by Gasteiger charge is -2.11. The van der Waals surface area contributed by atoms with Gasteiger partial charge in [-0.05, 0) is 59.1 Å². The molecule has 3 N–H and O–H groups in total. The van der Waals surface area contributed by atoms with E-state index < -0.39 is 11.7 Å². The molecule has 0 heterocycles. The van der Waals surface area contributed by atoms with E-state index >= 15 is 0 Å². The molecule has 2 aromatic carbocycles. The molecule has 0 spiro atoms. The maximum absolute atomic E-state index is 13.9. The molecule has 2 rings (SSSR count). The smallest absolute Gasteiger partial charge is 0.258 e. The maximum Gasteiger partial charge on any atom is 0.258 e. The van der Waals surface area contributed by atoms with Crippen LogP contribution in [0.2, 0.25) is 0 Å². The first-order valence-corrected chi connectivity index (χ1v) is 6.81. The number of halogens is 2. The number of aryl methyl sites for hydroxylation is 2. The van der Waals surface area contributed by atoms with E-state index in [1.807, 2.05) is 6.92 Å². The van der Waals surface area contributed by atoms with E-state index in [9.17, 15) is 9.18 Å². The molecule has 0 saturated carbocycles. The third-order valence-electron chi connectivity index (χ3n) is 3.04. The van der Waals surface area contributed by atoms with Crippen LogP contribution in [-0.4, -0.2) is 5.91 Å². The first-order chi connectivity index (χ1) is 9.40. The Hall–Kier alpha value is -1.88. The highest BCUT2D eigenvalue weighted by atomic mass is 79.9. The molecule has 0 unspecified atom stereocenters. The Morgan fingerprint density at radius 2 is 1.95 bits per heavy atom. The lowest BCUT2D eigenvalue weighted by Crippen LogP contribution is -2.15. The summed E-state index contributed by atoms with van der Waals surface area (Å²) in [6, 6.07) is 8.16. The van der Waals surface area contributed by atoms with Gasteiger partial charge < -0.3 is 11.1 Å². The molecule has 3 nitrogen and oxygen atoms in total. The van der Waals surface area contributed by atoms with Gasteiger partial charge in [-0.1, -0.05) is 12.1 Å². The molecule has 1 amide bonds. The average molecular weight is 337 g/mol. The van der Waals surface area contributed by atoms with Crippen LogP contribution in [-0.2, 0) is 0 Å². The second-order valence-corrected chi connectivity index (χ2v) is 5.43. The van der Waals surface area contributed by atoms with E-state index in [1.165, 1.54) is 6.07 Å². The zero-order valence-electron chi connectivity index (χ0n) is 11.1. The molecule has 0 aliphatic heterocycles. The number of anilines is 2. The Morgan fingerprint density at radius 3 is 2.65 bits per heavy atom. The predicted molar refractivity (Wildman–Crippen MR) is 82.4 cm³/mol. The second-order valence-electron chi connectivity index (χ2n) is 4.58. The quantitative estimate of drug-likeness (QED) is 0.813. The van der Waals surface area contributed by atoms with Crippen molar-refractivity contribution >= 4 is 33.2 Å². The number of rotatable bonds is 2. The normalized spacial score (nSPS) is 10.4. The van der Waals surface area contributed by atoms with Crippen molar-refractivity contribution in [1.29, 1.82) is 0 Å². The largest absolute Gasteiger partial charge is 0.398 e. The molecule has 0 aliphatic rings. The predicted octanol–water partition coefficient (Wildman–Crippen LogP) is 4.04. The van der Waals surface area contributed by atoms with Gasteiger partial charge in [-0.15, -0.1) is 0 Å². The van der Waals surface area contributed by atoms with Gasteiger partial charge in [0, 0.05) is 10.2 Å². The SMILES string of the molecule is Cc1cc(Br)c(NC(=O)c2cccc(C)c2F)cc1N. The molecule has 104 valence electrons. The van der Waals surface area contributed by atoms with Gasteiger partial charge in [-0.2, -0.15) is 0 Å². The van der Waals surface area contributed by atoms with E-state index in [-0.39, 0.29) is 5.56 Å². The standard InChI is InChI=1S/C15H14BrFN2O/c1-8-4-3-5-10(14(8)17)15(20)19-13-7-12(18)9(2)6-11(13)16/h3-7H,18H2,1-2H3,(H,19,20). The summed E-state index contributed by atoms with van der Waals surface area (Å²) < 4.78 is 14.6. The van der Waals surface area contributed by atoms with Gasteiger partial charge in [0.15, 0.2) is 0 Å². The monoisotopic (exact) mass is 336 g/mol. The van der Waals surface area contributed by atoms with Crippen molar-refractivity contribution in [3.05, 3.63) is 57.3 Å². The number of hydrogen-bond acceptors (Lipinski definition) is 2. The number of nitrogens with one attached hydrogen (secondary N) is 1. The van der Waals surface area contributed by atoms with Crippen LogP contribution < -0.4 is 11.1 Å². The Bertz CT molecular complexity index is 686. The minimum atomic E-state index is -0.513. The van der Waals surface area contributed by atoms with E-state index in [0.29, 0.717) is 21.4 Å². The van der Waals surface area contributed by atoms with Crippen LogP contribution in [0.4, 0.5) is 15.8 Å². The summed E-state index contributed by atoms with van der Waals surface area (Å²) in [4.78, 5) is 12.1. The van der Waals surface area contributed by atoms with E-state index in [2.05, 4.69) is 21.2 Å². The number of benzene rings is 2. The summed E-state index contributed by atoms with van der Waals surface area (Å²) >= 11 is 3.35. The Balaban J connectivity index is 2.33. The van der Waals surface area contributed by atoms with Gasteiger partial charge in [0.1, 0.15) is 5.82 Å². The minimum absolute atomic E-state index is 0.0102. The van der Waals surface area contributed by atoms with E-state index in [1.54, 1.807) is 31.2 Å². The lowest BCUT2D eigenvalue weighted by molar-refractivity contribution is 0.102. The molecular formula is C15H14BrFN2O. The van der Waals surface area contributed by atoms with Crippen LogP contribution in [0.25, 0.3) is 0 Å². The lowest BCUT2D eigenvalue weighted by atomic mass is 10.1. The Kier molecular flexibility index (Phi) is 4.09. The third kappa shape index (κ3) is 2.82. The average Bonchev–Trinajstić information content (AvgIpc) is 2.39. The summed E-state index contributed by atoms with van der Waals surface area (Å²) in [5.41, 5.74) is 8.23. The zero-order valence-corrected chi connectivity index (χ0v) is 12.7. The van der Waals surface area contributed by atoms with Gasteiger partial charge >= 0.3 is 0 Å². The molecule has 0 aromatic heterocycles. The van der Waals surface area contributed by atoms with E-state index in [4.69, 9.17) is 5.73 Å². The zero-order chi connectivity index (χ0) is 14.9. The minimum Gasteiger partial charge on any atom is -0.398 e. The molecule has 5 heteroatoms. The number of carbonyl (C=O) groups is 1. The highest BCUT2D eigenvalue weighted by Gasteiger charge is 2.15. The van der Waals surface area contributed by atoms with Gasteiger partial charge in [0.05, 0.1) is 11.3 Å². The molecule has 0 radical (unpaired) electrons. The highest BCUT2D eigenvalue weighted by Crippen LogP contribution is 2.28. The third-order valence-corrected chi connectivity index (χ3v) is 3.70. The summed E-state index contributed by atoms with van der Waals surface area (Å²) in [5.74, 6) is -1.02. The van der Waals surface area contributed by atoms with Crippen molar-refractivity contribution in [2.45, 2.75) is 13.8 Å². The van der Waals surface area contributed by atoms with Gasteiger partial charge in [-0.3, -0.25) is 4.79 Å². The molecule has 2 aromatic rings. The number of nitrogen functional groups attached to an aromatic ring is 1. The second kappa shape index (κ2) is 5.63. The first kappa shape index (κ1) is 14.5. The number of nitrogens with two attached hydrogens (primary N) is 1. The van der Waals surface area contributed by atoms with Crippen LogP contribution in [0.1, 0.15) is 21.5 Å². The fourth-order valence-corrected chi connectivity index (χ4v) is 2.35. The molecule has 0 aliphatic carbocycles. The summed E-state index contributed by atoms with van der Waals surface area (Å²) in [5, 5.41) is 2.66. The van der Waals surface area contributed by atoms with Gasteiger partial charge in [0.2, 0.25) is 0 Å². The molecule has 0 bridgehead atoms. The van der Waals surface area contributed by atoms with Gasteiger partial charge in [-0.25, -0.2) is 4.39 Å². The topological polar surface area (TPSA) is 55.1 Å². The summed E-state index contributed by atoms with van der Waals surface area (Å²) in [7, 11) is 0. The van der Waals surface area contributed by atoms with Gasteiger partial charge in [0.25, 0.3) is 5.91 Å². The van der Waals surface area contributed by atoms with Crippen LogP contribution in [0.5, 0.6) is 0 Å².